The normalized spacial score (nSPS) is 10.8. The second-order valence-corrected chi connectivity index (χ2v) is 5.06. The van der Waals surface area contributed by atoms with Crippen molar-refractivity contribution in [3.05, 3.63) is 58.0 Å². The van der Waals surface area contributed by atoms with Gasteiger partial charge in [-0.15, -0.1) is 0 Å². The first-order valence-electron chi connectivity index (χ1n) is 6.54. The van der Waals surface area contributed by atoms with Crippen LogP contribution in [0.1, 0.15) is 35.9 Å². The molecule has 0 radical (unpaired) electrons. The molecule has 2 rings (SSSR count). The molecule has 1 aromatic carbocycles. The predicted octanol–water partition coefficient (Wildman–Crippen LogP) is 2.50. The van der Waals surface area contributed by atoms with Gasteiger partial charge < -0.3 is 10.3 Å². The van der Waals surface area contributed by atoms with Crippen molar-refractivity contribution in [1.29, 1.82) is 0 Å². The Hall–Kier alpha value is -2.36. The summed E-state index contributed by atoms with van der Waals surface area (Å²) < 4.78 is 1.91. The van der Waals surface area contributed by atoms with Crippen molar-refractivity contribution in [3.8, 4) is 11.1 Å². The van der Waals surface area contributed by atoms with E-state index in [-0.39, 0.29) is 17.0 Å². The largest absolute Gasteiger partial charge is 0.365 e. The summed E-state index contributed by atoms with van der Waals surface area (Å²) in [5.41, 5.74) is 7.22. The number of carbonyl (C=O) groups excluding carboxylic acids is 1. The van der Waals surface area contributed by atoms with Gasteiger partial charge >= 0.3 is 0 Å². The average Bonchev–Trinajstić information content (AvgIpc) is 2.39. The van der Waals surface area contributed by atoms with Gasteiger partial charge in [0.2, 0.25) is 5.43 Å². The molecule has 20 heavy (non-hydrogen) atoms. The van der Waals surface area contributed by atoms with Crippen LogP contribution in [0.5, 0.6) is 0 Å². The van der Waals surface area contributed by atoms with Crippen LogP contribution in [-0.4, -0.2) is 10.5 Å². The first-order chi connectivity index (χ1) is 9.43. The van der Waals surface area contributed by atoms with Gasteiger partial charge in [-0.2, -0.15) is 0 Å². The number of hydrogen-bond donors (Lipinski definition) is 1. The molecule has 0 aliphatic carbocycles. The Balaban J connectivity index is 2.85. The molecular formula is C16H18N2O2. The molecule has 1 heterocycles. The van der Waals surface area contributed by atoms with Crippen LogP contribution in [0.4, 0.5) is 0 Å². The van der Waals surface area contributed by atoms with E-state index in [4.69, 9.17) is 5.73 Å². The first-order valence-corrected chi connectivity index (χ1v) is 6.54. The molecule has 4 heteroatoms. The van der Waals surface area contributed by atoms with Gasteiger partial charge in [-0.3, -0.25) is 9.59 Å². The van der Waals surface area contributed by atoms with Crippen molar-refractivity contribution < 1.29 is 4.79 Å². The number of amides is 1. The molecule has 0 aliphatic rings. The Labute approximate surface area is 117 Å². The lowest BCUT2D eigenvalue weighted by atomic mass is 10.0. The van der Waals surface area contributed by atoms with E-state index < -0.39 is 5.91 Å². The smallest absolute Gasteiger partial charge is 0.254 e. The van der Waals surface area contributed by atoms with Gasteiger partial charge in [0, 0.05) is 23.5 Å². The number of hydrogen-bond acceptors (Lipinski definition) is 2. The molecule has 2 N–H and O–H groups in total. The fourth-order valence-corrected chi connectivity index (χ4v) is 2.38. The topological polar surface area (TPSA) is 65.1 Å². The van der Waals surface area contributed by atoms with Gasteiger partial charge in [0.15, 0.2) is 0 Å². The van der Waals surface area contributed by atoms with Crippen molar-refractivity contribution >= 4 is 5.91 Å². The summed E-state index contributed by atoms with van der Waals surface area (Å²) in [4.78, 5) is 24.0. The summed E-state index contributed by atoms with van der Waals surface area (Å²) in [6.45, 7) is 5.88. The Kier molecular flexibility index (Phi) is 3.74. The monoisotopic (exact) mass is 270 g/mol. The highest BCUT2D eigenvalue weighted by Gasteiger charge is 2.18. The third kappa shape index (κ3) is 2.37. The molecule has 0 atom stereocenters. The van der Waals surface area contributed by atoms with Crippen LogP contribution in [0, 0.1) is 6.92 Å². The number of primary amides is 1. The molecule has 104 valence electrons. The molecule has 0 bridgehead atoms. The van der Waals surface area contributed by atoms with Crippen molar-refractivity contribution in [1.82, 2.24) is 4.57 Å². The molecule has 1 aromatic heterocycles. The zero-order valence-electron chi connectivity index (χ0n) is 11.9. The fraction of sp³-hybridized carbons (Fsp3) is 0.250. The zero-order valence-corrected chi connectivity index (χ0v) is 11.9. The van der Waals surface area contributed by atoms with Crippen LogP contribution in [0.15, 0.2) is 41.3 Å². The van der Waals surface area contributed by atoms with Crippen LogP contribution in [-0.2, 0) is 0 Å². The van der Waals surface area contributed by atoms with E-state index in [2.05, 4.69) is 0 Å². The third-order valence-corrected chi connectivity index (χ3v) is 3.37. The molecule has 0 saturated carbocycles. The SMILES string of the molecule is Cc1c(-c2ccccc2)c(=O)c(C(N)=O)cn1C(C)C. The predicted molar refractivity (Wildman–Crippen MR) is 79.8 cm³/mol. The summed E-state index contributed by atoms with van der Waals surface area (Å²) in [5, 5.41) is 0. The molecule has 0 saturated heterocycles. The number of pyridine rings is 1. The Morgan fingerprint density at radius 1 is 1.20 bits per heavy atom. The highest BCUT2D eigenvalue weighted by Crippen LogP contribution is 2.22. The fourth-order valence-electron chi connectivity index (χ4n) is 2.38. The highest BCUT2D eigenvalue weighted by molar-refractivity contribution is 5.93. The van der Waals surface area contributed by atoms with Crippen molar-refractivity contribution in [2.24, 2.45) is 5.73 Å². The number of aromatic nitrogens is 1. The molecular weight excluding hydrogens is 252 g/mol. The maximum Gasteiger partial charge on any atom is 0.254 e. The van der Waals surface area contributed by atoms with E-state index in [0.29, 0.717) is 5.56 Å². The zero-order chi connectivity index (χ0) is 14.9. The number of nitrogens with two attached hydrogens (primary N) is 1. The van der Waals surface area contributed by atoms with Crippen LogP contribution < -0.4 is 11.2 Å². The summed E-state index contributed by atoms with van der Waals surface area (Å²) >= 11 is 0. The lowest BCUT2D eigenvalue weighted by Crippen LogP contribution is -2.27. The van der Waals surface area contributed by atoms with Gasteiger partial charge in [-0.05, 0) is 26.3 Å². The van der Waals surface area contributed by atoms with Gasteiger partial charge in [-0.25, -0.2) is 0 Å². The van der Waals surface area contributed by atoms with E-state index >= 15 is 0 Å². The van der Waals surface area contributed by atoms with E-state index in [1.54, 1.807) is 6.20 Å². The Morgan fingerprint density at radius 3 is 2.30 bits per heavy atom. The van der Waals surface area contributed by atoms with E-state index in [9.17, 15) is 9.59 Å². The minimum Gasteiger partial charge on any atom is -0.365 e. The van der Waals surface area contributed by atoms with Crippen molar-refractivity contribution in [2.75, 3.05) is 0 Å². The van der Waals surface area contributed by atoms with E-state index in [0.717, 1.165) is 11.3 Å². The quantitative estimate of drug-likeness (QED) is 0.931. The van der Waals surface area contributed by atoms with E-state index in [1.165, 1.54) is 0 Å². The first kappa shape index (κ1) is 14.1. The van der Waals surface area contributed by atoms with Gasteiger partial charge in [0.05, 0.1) is 0 Å². The molecule has 0 fully saturated rings. The number of carbonyl (C=O) groups is 1. The second-order valence-electron chi connectivity index (χ2n) is 5.06. The maximum atomic E-state index is 12.5. The van der Waals surface area contributed by atoms with Gasteiger partial charge in [-0.1, -0.05) is 30.3 Å². The minimum atomic E-state index is -0.693. The number of benzene rings is 1. The average molecular weight is 270 g/mol. The lowest BCUT2D eigenvalue weighted by Gasteiger charge is -2.19. The summed E-state index contributed by atoms with van der Waals surface area (Å²) in [5.74, 6) is -0.693. The lowest BCUT2D eigenvalue weighted by molar-refractivity contribution is 0.0998. The third-order valence-electron chi connectivity index (χ3n) is 3.37. The maximum absolute atomic E-state index is 12.5. The van der Waals surface area contributed by atoms with Crippen LogP contribution in [0.25, 0.3) is 11.1 Å². The van der Waals surface area contributed by atoms with Crippen LogP contribution >= 0.6 is 0 Å². The standard InChI is InChI=1S/C16H18N2O2/c1-10(2)18-9-13(16(17)20)15(19)14(11(18)3)12-7-5-4-6-8-12/h4-10H,1-3H3,(H2,17,20). The Morgan fingerprint density at radius 2 is 1.80 bits per heavy atom. The second kappa shape index (κ2) is 5.33. The molecule has 4 nitrogen and oxygen atoms in total. The van der Waals surface area contributed by atoms with Crippen LogP contribution in [0.3, 0.4) is 0 Å². The Bertz CT molecular complexity index is 700. The summed E-state index contributed by atoms with van der Waals surface area (Å²) in [7, 11) is 0. The summed E-state index contributed by atoms with van der Waals surface area (Å²) in [6, 6.07) is 9.47. The molecule has 1 amide bonds. The van der Waals surface area contributed by atoms with Gasteiger partial charge in [0.1, 0.15) is 5.56 Å². The molecule has 0 aliphatic heterocycles. The number of nitrogens with zero attached hydrogens (tertiary/aromatic N) is 1. The van der Waals surface area contributed by atoms with Crippen molar-refractivity contribution in [3.63, 3.8) is 0 Å². The minimum absolute atomic E-state index is 0.0307. The molecule has 0 unspecified atom stereocenters. The number of rotatable bonds is 3. The van der Waals surface area contributed by atoms with Crippen molar-refractivity contribution in [2.45, 2.75) is 26.8 Å². The summed E-state index contributed by atoms with van der Waals surface area (Å²) in [6.07, 6.45) is 1.55. The molecule has 0 spiro atoms. The van der Waals surface area contributed by atoms with Crippen LogP contribution in [0.2, 0.25) is 0 Å². The van der Waals surface area contributed by atoms with E-state index in [1.807, 2.05) is 55.7 Å². The highest BCUT2D eigenvalue weighted by atomic mass is 16.2. The van der Waals surface area contributed by atoms with Gasteiger partial charge in [0.25, 0.3) is 5.91 Å². The molecule has 2 aromatic rings.